The van der Waals surface area contributed by atoms with Crippen molar-refractivity contribution in [3.05, 3.63) is 95.3 Å². The highest BCUT2D eigenvalue weighted by Gasteiger charge is 2.38. The van der Waals surface area contributed by atoms with Crippen LogP contribution in [0.2, 0.25) is 0 Å². The third-order valence-electron chi connectivity index (χ3n) is 6.16. The molecule has 0 atom stereocenters. The normalized spacial score (nSPS) is 13.5. The number of hydrogen-bond acceptors (Lipinski definition) is 6. The molecule has 1 amide bonds. The summed E-state index contributed by atoms with van der Waals surface area (Å²) in [7, 11) is 0. The summed E-state index contributed by atoms with van der Waals surface area (Å²) < 4.78 is 76.5. The highest BCUT2D eigenvalue weighted by Crippen LogP contribution is 2.21. The number of rotatable bonds is 5. The largest absolute Gasteiger partial charge is 0.490 e. The van der Waals surface area contributed by atoms with Gasteiger partial charge in [0, 0.05) is 49.7 Å². The van der Waals surface area contributed by atoms with Crippen molar-refractivity contribution in [2.45, 2.75) is 25.3 Å². The van der Waals surface area contributed by atoms with Crippen molar-refractivity contribution in [2.75, 3.05) is 36.4 Å². The third-order valence-corrected chi connectivity index (χ3v) is 6.16. The minimum Gasteiger partial charge on any atom is -0.475 e. The van der Waals surface area contributed by atoms with Gasteiger partial charge in [0.1, 0.15) is 5.82 Å². The number of hydrogen-bond donors (Lipinski definition) is 3. The zero-order valence-electron chi connectivity index (χ0n) is 23.8. The maximum Gasteiger partial charge on any atom is 0.490 e. The van der Waals surface area contributed by atoms with E-state index in [1.54, 1.807) is 0 Å². The molecule has 1 aliphatic heterocycles. The minimum atomic E-state index is -5.08. The lowest BCUT2D eigenvalue weighted by molar-refractivity contribution is -0.193. The molecule has 0 bridgehead atoms. The number of anilines is 2. The molecule has 0 aromatic heterocycles. The van der Waals surface area contributed by atoms with E-state index in [2.05, 4.69) is 21.2 Å². The molecular formula is C30H27F7N4O5. The number of halogens is 7. The Balaban J connectivity index is 0.000000440. The summed E-state index contributed by atoms with van der Waals surface area (Å²) in [6, 6.07) is 23.3. The van der Waals surface area contributed by atoms with E-state index >= 15 is 0 Å². The molecule has 46 heavy (non-hydrogen) atoms. The molecule has 0 spiro atoms. The van der Waals surface area contributed by atoms with Crippen LogP contribution in [0.25, 0.3) is 0 Å². The summed E-state index contributed by atoms with van der Waals surface area (Å²) in [5.41, 5.74) is 4.17. The maximum atomic E-state index is 13.0. The monoisotopic (exact) mass is 656 g/mol. The Morgan fingerprint density at radius 1 is 0.761 bits per heavy atom. The number of alkyl halides is 6. The smallest absolute Gasteiger partial charge is 0.475 e. The number of benzene rings is 3. The molecule has 0 saturated carbocycles. The summed E-state index contributed by atoms with van der Waals surface area (Å²) >= 11 is 0. The molecule has 246 valence electrons. The molecule has 3 N–H and O–H groups in total. The number of carbonyl (C=O) groups is 3. The topological polar surface area (TPSA) is 134 Å². The van der Waals surface area contributed by atoms with Crippen LogP contribution in [-0.2, 0) is 16.1 Å². The first-order valence-electron chi connectivity index (χ1n) is 13.2. The van der Waals surface area contributed by atoms with Crippen molar-refractivity contribution < 1.29 is 55.3 Å². The zero-order valence-corrected chi connectivity index (χ0v) is 23.8. The van der Waals surface area contributed by atoms with Crippen LogP contribution >= 0.6 is 0 Å². The Kier molecular flexibility index (Phi) is 13.5. The van der Waals surface area contributed by atoms with E-state index in [9.17, 15) is 35.5 Å². The van der Waals surface area contributed by atoms with E-state index in [1.807, 2.05) is 48.5 Å². The van der Waals surface area contributed by atoms with Crippen LogP contribution in [0.5, 0.6) is 0 Å². The predicted octanol–water partition coefficient (Wildman–Crippen LogP) is 5.93. The standard InChI is InChI=1S/C26H25FN4O.2C2HF3O2/c27-23-8-6-22(7-9-23)26(32)29-24-10-12-25(13-11-24)31-15-1-14-30(16-17-31)19-21-4-2-20(18-28)3-5-21;2*3-2(4,5)1(6)7/h2-13H,1,14-17,19H2,(H,29,32);2*(H,6,7). The van der Waals surface area contributed by atoms with Gasteiger partial charge in [0.15, 0.2) is 0 Å². The molecule has 0 unspecified atom stereocenters. The Morgan fingerprint density at radius 2 is 1.28 bits per heavy atom. The number of amides is 1. The molecule has 0 radical (unpaired) electrons. The highest BCUT2D eigenvalue weighted by molar-refractivity contribution is 6.04. The van der Waals surface area contributed by atoms with Gasteiger partial charge in [-0.3, -0.25) is 9.69 Å². The Morgan fingerprint density at radius 3 is 1.76 bits per heavy atom. The molecule has 16 heteroatoms. The van der Waals surface area contributed by atoms with Gasteiger partial charge in [0.05, 0.1) is 11.6 Å². The Labute approximate surface area is 258 Å². The average molecular weight is 657 g/mol. The summed E-state index contributed by atoms with van der Waals surface area (Å²) in [6.45, 7) is 4.78. The van der Waals surface area contributed by atoms with E-state index in [0.717, 1.165) is 44.8 Å². The maximum absolute atomic E-state index is 13.0. The third kappa shape index (κ3) is 12.8. The van der Waals surface area contributed by atoms with Crippen molar-refractivity contribution in [2.24, 2.45) is 0 Å². The van der Waals surface area contributed by atoms with Gasteiger partial charge in [0.2, 0.25) is 0 Å². The second-order valence-corrected chi connectivity index (χ2v) is 9.54. The van der Waals surface area contributed by atoms with Crippen LogP contribution in [0, 0.1) is 17.1 Å². The van der Waals surface area contributed by atoms with Gasteiger partial charge in [-0.05, 0) is 72.6 Å². The van der Waals surface area contributed by atoms with Crippen molar-refractivity contribution in [1.82, 2.24) is 4.90 Å². The summed E-state index contributed by atoms with van der Waals surface area (Å²) in [4.78, 5) is 34.9. The second-order valence-electron chi connectivity index (χ2n) is 9.54. The molecule has 1 aliphatic rings. The minimum absolute atomic E-state index is 0.258. The molecular weight excluding hydrogens is 629 g/mol. The first-order chi connectivity index (χ1) is 21.5. The fourth-order valence-corrected chi connectivity index (χ4v) is 3.89. The van der Waals surface area contributed by atoms with Crippen LogP contribution < -0.4 is 10.2 Å². The number of nitrogens with one attached hydrogen (secondary N) is 1. The van der Waals surface area contributed by atoms with Gasteiger partial charge in [-0.2, -0.15) is 31.6 Å². The Hall–Kier alpha value is -5.17. The van der Waals surface area contributed by atoms with Crippen molar-refractivity contribution >= 4 is 29.2 Å². The van der Waals surface area contributed by atoms with E-state index in [1.165, 1.54) is 29.8 Å². The lowest BCUT2D eigenvalue weighted by Gasteiger charge is -2.24. The molecule has 0 aliphatic carbocycles. The van der Waals surface area contributed by atoms with Crippen LogP contribution in [0.3, 0.4) is 0 Å². The quantitative estimate of drug-likeness (QED) is 0.288. The van der Waals surface area contributed by atoms with Gasteiger partial charge in [-0.15, -0.1) is 0 Å². The summed E-state index contributed by atoms with van der Waals surface area (Å²) in [5, 5.41) is 26.1. The number of nitriles is 1. The van der Waals surface area contributed by atoms with Crippen molar-refractivity contribution in [1.29, 1.82) is 5.26 Å². The fraction of sp³-hybridized carbons (Fsp3) is 0.267. The number of carbonyl (C=O) groups excluding carboxylic acids is 1. The van der Waals surface area contributed by atoms with E-state index in [4.69, 9.17) is 25.1 Å². The van der Waals surface area contributed by atoms with Gasteiger partial charge in [0.25, 0.3) is 5.91 Å². The first kappa shape index (κ1) is 37.0. The fourth-order valence-electron chi connectivity index (χ4n) is 3.89. The van der Waals surface area contributed by atoms with Gasteiger partial charge in [-0.1, -0.05) is 12.1 Å². The second kappa shape index (κ2) is 16.8. The van der Waals surface area contributed by atoms with Crippen LogP contribution in [-0.4, -0.2) is 71.5 Å². The van der Waals surface area contributed by atoms with Gasteiger partial charge < -0.3 is 20.4 Å². The van der Waals surface area contributed by atoms with Gasteiger partial charge in [-0.25, -0.2) is 14.0 Å². The van der Waals surface area contributed by atoms with Crippen molar-refractivity contribution in [3.8, 4) is 6.07 Å². The predicted molar refractivity (Wildman–Crippen MR) is 151 cm³/mol. The Bertz CT molecular complexity index is 1470. The molecule has 4 rings (SSSR count). The van der Waals surface area contributed by atoms with Crippen LogP contribution in [0.1, 0.15) is 27.9 Å². The summed E-state index contributed by atoms with van der Waals surface area (Å²) in [5.74, 6) is -6.13. The van der Waals surface area contributed by atoms with Crippen LogP contribution in [0.4, 0.5) is 42.1 Å². The average Bonchev–Trinajstić information content (AvgIpc) is 3.23. The van der Waals surface area contributed by atoms with E-state index < -0.39 is 24.3 Å². The first-order valence-corrected chi connectivity index (χ1v) is 13.2. The van der Waals surface area contributed by atoms with E-state index in [0.29, 0.717) is 16.8 Å². The lowest BCUT2D eigenvalue weighted by atomic mass is 10.1. The molecule has 3 aromatic carbocycles. The molecule has 3 aromatic rings. The number of nitrogens with zero attached hydrogens (tertiary/aromatic N) is 3. The number of carboxylic acid groups (broad SMARTS) is 2. The lowest BCUT2D eigenvalue weighted by Crippen LogP contribution is -2.30. The highest BCUT2D eigenvalue weighted by atomic mass is 19.4. The molecule has 1 heterocycles. The van der Waals surface area contributed by atoms with Crippen LogP contribution in [0.15, 0.2) is 72.8 Å². The van der Waals surface area contributed by atoms with Gasteiger partial charge >= 0.3 is 24.3 Å². The van der Waals surface area contributed by atoms with E-state index in [-0.39, 0.29) is 11.7 Å². The molecule has 9 nitrogen and oxygen atoms in total. The summed E-state index contributed by atoms with van der Waals surface area (Å²) in [6.07, 6.45) is -9.10. The zero-order chi connectivity index (χ0) is 34.5. The SMILES string of the molecule is N#Cc1ccc(CN2CCCN(c3ccc(NC(=O)c4ccc(F)cc4)cc3)CC2)cc1.O=C(O)C(F)(F)F.O=C(O)C(F)(F)F. The number of carboxylic acids is 2. The number of aliphatic carboxylic acids is 2. The molecule has 1 saturated heterocycles. The van der Waals surface area contributed by atoms with Crippen molar-refractivity contribution in [3.63, 3.8) is 0 Å². The molecule has 1 fully saturated rings.